The standard InChI is InChI=1S/C23H30FN3O5S/c1-17(23(29)25-2)26(16-18-10-5-6-11-19(18)24)22(28)14-9-15-27(33(4,30)31)20-12-7-8-13-21(20)32-3/h5-8,10-13,17H,9,14-16H2,1-4H3,(H,25,29)/t17-/m0/s1. The summed E-state index contributed by atoms with van der Waals surface area (Å²) in [6.07, 6.45) is 1.24. The summed E-state index contributed by atoms with van der Waals surface area (Å²) in [5, 5.41) is 2.50. The van der Waals surface area contributed by atoms with Gasteiger partial charge in [-0.3, -0.25) is 13.9 Å². The highest BCUT2D eigenvalue weighted by molar-refractivity contribution is 7.92. The molecule has 0 aromatic heterocycles. The fourth-order valence-electron chi connectivity index (χ4n) is 3.42. The molecule has 180 valence electrons. The fourth-order valence-corrected chi connectivity index (χ4v) is 4.39. The van der Waals surface area contributed by atoms with E-state index in [9.17, 15) is 22.4 Å². The average molecular weight is 480 g/mol. The lowest BCUT2D eigenvalue weighted by atomic mass is 10.1. The summed E-state index contributed by atoms with van der Waals surface area (Å²) >= 11 is 0. The molecule has 0 heterocycles. The van der Waals surface area contributed by atoms with Crippen LogP contribution >= 0.6 is 0 Å². The number of anilines is 1. The third kappa shape index (κ3) is 6.92. The van der Waals surface area contributed by atoms with Gasteiger partial charge in [0.25, 0.3) is 0 Å². The van der Waals surface area contributed by atoms with Crippen molar-refractivity contribution in [3.63, 3.8) is 0 Å². The van der Waals surface area contributed by atoms with Gasteiger partial charge in [0.15, 0.2) is 0 Å². The number of rotatable bonds is 11. The molecule has 2 aromatic carbocycles. The van der Waals surface area contributed by atoms with Crippen LogP contribution in [0.3, 0.4) is 0 Å². The lowest BCUT2D eigenvalue weighted by Gasteiger charge is -2.29. The van der Waals surface area contributed by atoms with E-state index in [-0.39, 0.29) is 43.3 Å². The van der Waals surface area contributed by atoms with E-state index in [1.807, 2.05) is 0 Å². The van der Waals surface area contributed by atoms with Crippen molar-refractivity contribution in [2.75, 3.05) is 31.3 Å². The summed E-state index contributed by atoms with van der Waals surface area (Å²) in [6, 6.07) is 11.9. The first-order valence-corrected chi connectivity index (χ1v) is 12.3. The van der Waals surface area contributed by atoms with E-state index in [2.05, 4.69) is 5.32 Å². The predicted molar refractivity (Wildman–Crippen MR) is 125 cm³/mol. The van der Waals surface area contributed by atoms with Crippen molar-refractivity contribution >= 4 is 27.5 Å². The molecule has 0 unspecified atom stereocenters. The molecule has 0 saturated heterocycles. The number of carbonyl (C=O) groups excluding carboxylic acids is 2. The highest BCUT2D eigenvalue weighted by atomic mass is 32.2. The molecule has 2 aromatic rings. The molecule has 2 amide bonds. The van der Waals surface area contributed by atoms with Crippen LogP contribution in [-0.4, -0.2) is 58.1 Å². The minimum absolute atomic E-state index is 0.0308. The van der Waals surface area contributed by atoms with Crippen LogP contribution in [-0.2, 0) is 26.2 Å². The summed E-state index contributed by atoms with van der Waals surface area (Å²) in [4.78, 5) is 26.5. The smallest absolute Gasteiger partial charge is 0.242 e. The molecule has 8 nitrogen and oxygen atoms in total. The van der Waals surface area contributed by atoms with Crippen molar-refractivity contribution in [1.82, 2.24) is 10.2 Å². The van der Waals surface area contributed by atoms with Crippen molar-refractivity contribution in [2.45, 2.75) is 32.4 Å². The van der Waals surface area contributed by atoms with Gasteiger partial charge in [-0.1, -0.05) is 30.3 Å². The van der Waals surface area contributed by atoms with Gasteiger partial charge in [0.05, 0.1) is 19.1 Å². The van der Waals surface area contributed by atoms with E-state index in [4.69, 9.17) is 4.74 Å². The zero-order valence-electron chi connectivity index (χ0n) is 19.2. The molecular weight excluding hydrogens is 449 g/mol. The van der Waals surface area contributed by atoms with Crippen LogP contribution in [0.4, 0.5) is 10.1 Å². The molecule has 0 saturated carbocycles. The zero-order chi connectivity index (χ0) is 24.6. The van der Waals surface area contributed by atoms with Crippen molar-refractivity contribution < 1.29 is 27.1 Å². The second kappa shape index (κ2) is 11.6. The van der Waals surface area contributed by atoms with E-state index in [1.165, 1.54) is 29.4 Å². The Balaban J connectivity index is 2.19. The highest BCUT2D eigenvalue weighted by Crippen LogP contribution is 2.29. The van der Waals surface area contributed by atoms with Gasteiger partial charge >= 0.3 is 0 Å². The molecule has 1 atom stereocenters. The van der Waals surface area contributed by atoms with Gasteiger partial charge in [-0.2, -0.15) is 0 Å². The molecule has 10 heteroatoms. The van der Waals surface area contributed by atoms with E-state index in [1.54, 1.807) is 49.4 Å². The maximum atomic E-state index is 14.2. The first kappa shape index (κ1) is 26.1. The van der Waals surface area contributed by atoms with Crippen LogP contribution in [0.15, 0.2) is 48.5 Å². The average Bonchev–Trinajstić information content (AvgIpc) is 2.79. The van der Waals surface area contributed by atoms with Crippen LogP contribution in [0.25, 0.3) is 0 Å². The Morgan fingerprint density at radius 1 is 1.12 bits per heavy atom. The number of methoxy groups -OCH3 is 1. The number of likely N-dealkylation sites (N-methyl/N-ethyl adjacent to an activating group) is 1. The molecule has 0 fully saturated rings. The Morgan fingerprint density at radius 2 is 1.76 bits per heavy atom. The van der Waals surface area contributed by atoms with E-state index in [0.717, 1.165) is 6.26 Å². The molecule has 33 heavy (non-hydrogen) atoms. The van der Waals surface area contributed by atoms with Gasteiger partial charge in [-0.15, -0.1) is 0 Å². The molecule has 0 bridgehead atoms. The Bertz CT molecular complexity index is 1080. The van der Waals surface area contributed by atoms with E-state index >= 15 is 0 Å². The lowest BCUT2D eigenvalue weighted by Crippen LogP contribution is -2.47. The summed E-state index contributed by atoms with van der Waals surface area (Å²) in [5.41, 5.74) is 0.658. The molecule has 0 aliphatic carbocycles. The second-order valence-electron chi connectivity index (χ2n) is 7.51. The third-order valence-corrected chi connectivity index (χ3v) is 6.40. The molecule has 2 rings (SSSR count). The lowest BCUT2D eigenvalue weighted by molar-refractivity contribution is -0.140. The molecule has 0 aliphatic rings. The number of carbonyl (C=O) groups is 2. The summed E-state index contributed by atoms with van der Waals surface area (Å²) < 4.78 is 45.5. The number of hydrogen-bond donors (Lipinski definition) is 1. The Hall–Kier alpha value is -3.14. The number of amides is 2. The minimum atomic E-state index is -3.64. The predicted octanol–water partition coefficient (Wildman–Crippen LogP) is 2.54. The van der Waals surface area contributed by atoms with Gasteiger partial charge in [0, 0.05) is 32.1 Å². The Morgan fingerprint density at radius 3 is 2.36 bits per heavy atom. The maximum Gasteiger partial charge on any atom is 0.242 e. The van der Waals surface area contributed by atoms with E-state index in [0.29, 0.717) is 11.4 Å². The number of hydrogen-bond acceptors (Lipinski definition) is 5. The Labute approximate surface area is 194 Å². The van der Waals surface area contributed by atoms with Crippen LogP contribution in [0.2, 0.25) is 0 Å². The fraction of sp³-hybridized carbons (Fsp3) is 0.391. The van der Waals surface area contributed by atoms with Crippen molar-refractivity contribution in [2.24, 2.45) is 0 Å². The number of para-hydroxylation sites is 2. The number of benzene rings is 2. The van der Waals surface area contributed by atoms with Crippen molar-refractivity contribution in [3.05, 3.63) is 59.9 Å². The number of ether oxygens (including phenoxy) is 1. The SMILES string of the molecule is CNC(=O)[C@H](C)N(Cc1ccccc1F)C(=O)CCCN(c1ccccc1OC)S(C)(=O)=O. The van der Waals surface area contributed by atoms with Gasteiger partial charge in [-0.25, -0.2) is 12.8 Å². The third-order valence-electron chi connectivity index (χ3n) is 5.22. The first-order chi connectivity index (χ1) is 15.6. The zero-order valence-corrected chi connectivity index (χ0v) is 20.1. The largest absolute Gasteiger partial charge is 0.495 e. The monoisotopic (exact) mass is 479 g/mol. The molecule has 0 spiro atoms. The normalized spacial score (nSPS) is 12.0. The topological polar surface area (TPSA) is 96.0 Å². The van der Waals surface area contributed by atoms with E-state index < -0.39 is 21.9 Å². The number of halogens is 1. The van der Waals surface area contributed by atoms with Crippen molar-refractivity contribution in [3.8, 4) is 5.75 Å². The molecule has 1 N–H and O–H groups in total. The summed E-state index contributed by atoms with van der Waals surface area (Å²) in [5.74, 6) is -0.850. The van der Waals surface area contributed by atoms with Gasteiger partial charge in [-0.05, 0) is 31.5 Å². The summed E-state index contributed by atoms with van der Waals surface area (Å²) in [6.45, 7) is 1.52. The second-order valence-corrected chi connectivity index (χ2v) is 9.42. The maximum absolute atomic E-state index is 14.2. The van der Waals surface area contributed by atoms with Crippen LogP contribution in [0, 0.1) is 5.82 Å². The number of nitrogens with zero attached hydrogens (tertiary/aromatic N) is 2. The van der Waals surface area contributed by atoms with Crippen LogP contribution in [0.5, 0.6) is 5.75 Å². The Kier molecular flexibility index (Phi) is 9.22. The quantitative estimate of drug-likeness (QED) is 0.534. The molecular formula is C23H30FN3O5S. The highest BCUT2D eigenvalue weighted by Gasteiger charge is 2.27. The number of nitrogens with one attached hydrogen (secondary N) is 1. The van der Waals surface area contributed by atoms with Gasteiger partial charge < -0.3 is 15.0 Å². The summed E-state index contributed by atoms with van der Waals surface area (Å²) in [7, 11) is -0.734. The van der Waals surface area contributed by atoms with Crippen LogP contribution in [0.1, 0.15) is 25.3 Å². The van der Waals surface area contributed by atoms with Gasteiger partial charge in [0.2, 0.25) is 21.8 Å². The van der Waals surface area contributed by atoms with Crippen LogP contribution < -0.4 is 14.4 Å². The molecule has 0 aliphatic heterocycles. The van der Waals surface area contributed by atoms with Crippen molar-refractivity contribution in [1.29, 1.82) is 0 Å². The van der Waals surface area contributed by atoms with Gasteiger partial charge in [0.1, 0.15) is 17.6 Å². The number of sulfonamides is 1. The minimum Gasteiger partial charge on any atom is -0.495 e. The molecule has 0 radical (unpaired) electrons. The first-order valence-electron chi connectivity index (χ1n) is 10.4.